The van der Waals surface area contributed by atoms with E-state index < -0.39 is 0 Å². The van der Waals surface area contributed by atoms with Crippen LogP contribution in [0.1, 0.15) is 0 Å². The molecule has 0 amide bonds. The monoisotopic (exact) mass is 162 g/mol. The zero-order chi connectivity index (χ0) is 8.53. The first kappa shape index (κ1) is 10.8. The molecular weight excluding hydrogens is 144 g/mol. The molecular formula is C6H18N4O. The van der Waals surface area contributed by atoms with Crippen LogP contribution < -0.4 is 16.7 Å². The Labute approximate surface area is 67.8 Å². The van der Waals surface area contributed by atoms with Crippen LogP contribution in [0.5, 0.6) is 0 Å². The van der Waals surface area contributed by atoms with Crippen molar-refractivity contribution in [2.75, 3.05) is 40.4 Å². The summed E-state index contributed by atoms with van der Waals surface area (Å²) in [5.41, 5.74) is 5.76. The summed E-state index contributed by atoms with van der Waals surface area (Å²) in [6, 6.07) is 0. The first-order chi connectivity index (χ1) is 5.31. The second-order valence-corrected chi connectivity index (χ2v) is 2.21. The summed E-state index contributed by atoms with van der Waals surface area (Å²) in [6.07, 6.45) is 0. The second-order valence-electron chi connectivity index (χ2n) is 2.21. The molecule has 0 saturated carbocycles. The Kier molecular flexibility index (Phi) is 7.76. The van der Waals surface area contributed by atoms with E-state index in [0.29, 0.717) is 6.61 Å². The van der Waals surface area contributed by atoms with E-state index >= 15 is 0 Å². The first-order valence-corrected chi connectivity index (χ1v) is 3.69. The van der Waals surface area contributed by atoms with Crippen molar-refractivity contribution in [3.8, 4) is 0 Å². The van der Waals surface area contributed by atoms with Gasteiger partial charge >= 0.3 is 0 Å². The molecule has 0 rings (SSSR count). The van der Waals surface area contributed by atoms with Gasteiger partial charge in [0, 0.05) is 26.7 Å². The Bertz CT molecular complexity index is 81.0. The smallest absolute Gasteiger partial charge is 0.0603 e. The zero-order valence-corrected chi connectivity index (χ0v) is 7.26. The highest BCUT2D eigenvalue weighted by molar-refractivity contribution is 4.48. The number of nitrogens with one attached hydrogen (secondary N) is 2. The molecule has 0 saturated heterocycles. The van der Waals surface area contributed by atoms with Crippen LogP contribution in [0.25, 0.3) is 0 Å². The third kappa shape index (κ3) is 7.70. The lowest BCUT2D eigenvalue weighted by Gasteiger charge is -2.15. The predicted molar refractivity (Wildman–Crippen MR) is 44.7 cm³/mol. The normalized spacial score (nSPS) is 10.9. The van der Waals surface area contributed by atoms with E-state index in [0.717, 1.165) is 19.6 Å². The van der Waals surface area contributed by atoms with Crippen molar-refractivity contribution in [3.63, 3.8) is 0 Å². The van der Waals surface area contributed by atoms with E-state index in [1.165, 1.54) is 0 Å². The van der Waals surface area contributed by atoms with E-state index in [-0.39, 0.29) is 0 Å². The van der Waals surface area contributed by atoms with Gasteiger partial charge in [-0.25, -0.2) is 5.01 Å². The predicted octanol–water partition coefficient (Wildman–Crippen LogP) is -1.47. The van der Waals surface area contributed by atoms with Crippen molar-refractivity contribution in [1.29, 1.82) is 0 Å². The molecule has 0 aliphatic rings. The molecule has 0 fully saturated rings. The summed E-state index contributed by atoms with van der Waals surface area (Å²) < 4.78 is 4.86. The fourth-order valence-electron chi connectivity index (χ4n) is 0.645. The molecule has 0 radical (unpaired) electrons. The van der Waals surface area contributed by atoms with Crippen LogP contribution in [0.4, 0.5) is 0 Å². The van der Waals surface area contributed by atoms with Gasteiger partial charge in [0.25, 0.3) is 0 Å². The largest absolute Gasteiger partial charge is 0.383 e. The van der Waals surface area contributed by atoms with Crippen LogP contribution >= 0.6 is 0 Å². The maximum Gasteiger partial charge on any atom is 0.0603 e. The van der Waals surface area contributed by atoms with Crippen LogP contribution in [-0.4, -0.2) is 45.4 Å². The summed E-state index contributed by atoms with van der Waals surface area (Å²) in [5, 5.41) is 1.72. The molecule has 0 spiro atoms. The van der Waals surface area contributed by atoms with Gasteiger partial charge in [-0.15, -0.1) is 0 Å². The zero-order valence-electron chi connectivity index (χ0n) is 7.26. The number of nitrogens with zero attached hydrogens (tertiary/aromatic N) is 1. The molecule has 4 N–H and O–H groups in total. The van der Waals surface area contributed by atoms with E-state index in [1.807, 2.05) is 7.05 Å². The lowest BCUT2D eigenvalue weighted by molar-refractivity contribution is 0.148. The fraction of sp³-hybridized carbons (Fsp3) is 1.00. The molecule has 5 heteroatoms. The van der Waals surface area contributed by atoms with Crippen molar-refractivity contribution in [1.82, 2.24) is 15.9 Å². The van der Waals surface area contributed by atoms with E-state index in [4.69, 9.17) is 10.6 Å². The van der Waals surface area contributed by atoms with Gasteiger partial charge in [0.2, 0.25) is 0 Å². The van der Waals surface area contributed by atoms with Gasteiger partial charge in [-0.05, 0) is 7.05 Å². The van der Waals surface area contributed by atoms with Gasteiger partial charge in [0.05, 0.1) is 6.61 Å². The minimum atomic E-state index is 0.677. The first-order valence-electron chi connectivity index (χ1n) is 3.69. The second kappa shape index (κ2) is 7.90. The van der Waals surface area contributed by atoms with Crippen LogP contribution in [0.2, 0.25) is 0 Å². The topological polar surface area (TPSA) is 62.5 Å². The maximum atomic E-state index is 5.59. The third-order valence-electron chi connectivity index (χ3n) is 1.28. The summed E-state index contributed by atoms with van der Waals surface area (Å²) in [5.74, 6) is 5.59. The minimum Gasteiger partial charge on any atom is -0.383 e. The average molecular weight is 162 g/mol. The molecule has 68 valence electrons. The van der Waals surface area contributed by atoms with Crippen molar-refractivity contribution < 1.29 is 4.74 Å². The highest BCUT2D eigenvalue weighted by atomic mass is 16.5. The summed E-state index contributed by atoms with van der Waals surface area (Å²) in [7, 11) is 3.50. The summed E-state index contributed by atoms with van der Waals surface area (Å²) in [4.78, 5) is 0. The van der Waals surface area contributed by atoms with E-state index in [1.54, 1.807) is 12.1 Å². The van der Waals surface area contributed by atoms with Crippen LogP contribution in [-0.2, 0) is 4.74 Å². The molecule has 0 unspecified atom stereocenters. The van der Waals surface area contributed by atoms with Crippen LogP contribution in [0.3, 0.4) is 0 Å². The van der Waals surface area contributed by atoms with Crippen molar-refractivity contribution in [2.24, 2.45) is 5.84 Å². The summed E-state index contributed by atoms with van der Waals surface area (Å²) >= 11 is 0. The third-order valence-corrected chi connectivity index (χ3v) is 1.28. The van der Waals surface area contributed by atoms with Crippen LogP contribution in [0, 0.1) is 0 Å². The molecule has 0 bridgehead atoms. The molecule has 0 aromatic rings. The molecule has 0 atom stereocenters. The molecule has 0 aliphatic heterocycles. The number of methoxy groups -OCH3 is 1. The number of nitrogens with two attached hydrogens (primary N) is 1. The Hall–Kier alpha value is -0.200. The Balaban J connectivity index is 3.02. The Morgan fingerprint density at radius 3 is 2.73 bits per heavy atom. The number of rotatable bonds is 7. The van der Waals surface area contributed by atoms with E-state index in [2.05, 4.69) is 10.9 Å². The van der Waals surface area contributed by atoms with Gasteiger partial charge in [0.1, 0.15) is 0 Å². The molecule has 0 aromatic heterocycles. The quantitative estimate of drug-likeness (QED) is 0.242. The van der Waals surface area contributed by atoms with Gasteiger partial charge < -0.3 is 4.74 Å². The van der Waals surface area contributed by atoms with Crippen LogP contribution in [0.15, 0.2) is 0 Å². The number of hydrogen-bond donors (Lipinski definition) is 3. The fourth-order valence-corrected chi connectivity index (χ4v) is 0.645. The molecule has 0 aromatic carbocycles. The Morgan fingerprint density at radius 1 is 1.45 bits per heavy atom. The molecule has 11 heavy (non-hydrogen) atoms. The number of ether oxygens (including phenoxy) is 1. The molecule has 0 heterocycles. The number of hydrogen-bond acceptors (Lipinski definition) is 5. The van der Waals surface area contributed by atoms with Gasteiger partial charge in [-0.1, -0.05) is 0 Å². The Morgan fingerprint density at radius 2 is 2.18 bits per heavy atom. The SMILES string of the molecule is CNNCCN(N)CCOC. The van der Waals surface area contributed by atoms with Crippen molar-refractivity contribution in [2.45, 2.75) is 0 Å². The maximum absolute atomic E-state index is 5.59. The average Bonchev–Trinajstić information content (AvgIpc) is 2.01. The highest BCUT2D eigenvalue weighted by Crippen LogP contribution is 1.75. The number of hydrazine groups is 2. The van der Waals surface area contributed by atoms with E-state index in [9.17, 15) is 0 Å². The highest BCUT2D eigenvalue weighted by Gasteiger charge is 1.95. The summed E-state index contributed by atoms with van der Waals surface area (Å²) in [6.45, 7) is 3.08. The van der Waals surface area contributed by atoms with Gasteiger partial charge in [0.15, 0.2) is 0 Å². The van der Waals surface area contributed by atoms with Crippen molar-refractivity contribution in [3.05, 3.63) is 0 Å². The minimum absolute atomic E-state index is 0.677. The molecule has 5 nitrogen and oxygen atoms in total. The van der Waals surface area contributed by atoms with Gasteiger partial charge in [-0.3, -0.25) is 16.7 Å². The lowest BCUT2D eigenvalue weighted by atomic mass is 10.5. The lowest BCUT2D eigenvalue weighted by Crippen LogP contribution is -2.41. The molecule has 0 aliphatic carbocycles. The van der Waals surface area contributed by atoms with Crippen molar-refractivity contribution >= 4 is 0 Å². The van der Waals surface area contributed by atoms with Gasteiger partial charge in [-0.2, -0.15) is 0 Å². The standard InChI is InChI=1S/C6H18N4O/c1-8-9-3-4-10(7)5-6-11-2/h8-9H,3-7H2,1-2H3.